The van der Waals surface area contributed by atoms with Gasteiger partial charge in [0.05, 0.1) is 19.7 Å². The number of nitrogens with one attached hydrogen (secondary N) is 1. The van der Waals surface area contributed by atoms with Crippen molar-refractivity contribution < 1.29 is 14.4 Å². The quantitative estimate of drug-likeness (QED) is 0.772. The van der Waals surface area contributed by atoms with E-state index in [0.29, 0.717) is 12.5 Å². The average Bonchev–Trinajstić information content (AvgIpc) is 2.32. The second-order valence-electron chi connectivity index (χ2n) is 4.70. The monoisotopic (exact) mass is 224 g/mol. The summed E-state index contributed by atoms with van der Waals surface area (Å²) in [6, 6.07) is 6.74. The highest BCUT2D eigenvalue weighted by Crippen LogP contribution is 2.07. The minimum absolute atomic E-state index is 0.175. The molecule has 0 amide bonds. The minimum atomic E-state index is -0.175. The van der Waals surface area contributed by atoms with Gasteiger partial charge >= 0.3 is 0 Å². The number of piperidine rings is 1. The fourth-order valence-electron chi connectivity index (χ4n) is 2.46. The first-order valence-corrected chi connectivity index (χ1v) is 5.97. The van der Waals surface area contributed by atoms with E-state index in [2.05, 4.69) is 0 Å². The van der Waals surface area contributed by atoms with Crippen LogP contribution in [0.25, 0.3) is 0 Å². The SMILES string of the molecule is OC[C@@H]1CCC[NH+](Cc2ccc(F)cc2)C1. The van der Waals surface area contributed by atoms with E-state index in [-0.39, 0.29) is 5.82 Å². The van der Waals surface area contributed by atoms with Gasteiger partial charge in [-0.3, -0.25) is 0 Å². The maximum Gasteiger partial charge on any atom is 0.123 e. The molecule has 88 valence electrons. The number of halogens is 1. The number of aliphatic hydroxyl groups excluding tert-OH is 1. The number of hydrogen-bond acceptors (Lipinski definition) is 1. The molecule has 0 bridgehead atoms. The molecule has 1 aromatic carbocycles. The lowest BCUT2D eigenvalue weighted by Gasteiger charge is -2.28. The molecule has 0 spiro atoms. The van der Waals surface area contributed by atoms with E-state index in [1.807, 2.05) is 12.1 Å². The maximum atomic E-state index is 12.7. The summed E-state index contributed by atoms with van der Waals surface area (Å²) in [6.07, 6.45) is 2.32. The smallest absolute Gasteiger partial charge is 0.123 e. The van der Waals surface area contributed by atoms with Gasteiger partial charge in [-0.25, -0.2) is 4.39 Å². The van der Waals surface area contributed by atoms with E-state index in [1.54, 1.807) is 0 Å². The molecule has 2 N–H and O–H groups in total. The molecule has 0 aromatic heterocycles. The predicted octanol–water partition coefficient (Wildman–Crippen LogP) is 0.613. The lowest BCUT2D eigenvalue weighted by molar-refractivity contribution is -0.922. The number of rotatable bonds is 3. The summed E-state index contributed by atoms with van der Waals surface area (Å²) in [4.78, 5) is 1.50. The Balaban J connectivity index is 1.91. The second kappa shape index (κ2) is 5.41. The minimum Gasteiger partial charge on any atom is -0.396 e. The fourth-order valence-corrected chi connectivity index (χ4v) is 2.46. The first-order chi connectivity index (χ1) is 7.78. The van der Waals surface area contributed by atoms with Crippen LogP contribution < -0.4 is 4.90 Å². The average molecular weight is 224 g/mol. The number of hydrogen-bond donors (Lipinski definition) is 2. The van der Waals surface area contributed by atoms with Crippen molar-refractivity contribution in [1.29, 1.82) is 0 Å². The fraction of sp³-hybridized carbons (Fsp3) is 0.538. The second-order valence-corrected chi connectivity index (χ2v) is 4.70. The van der Waals surface area contributed by atoms with Gasteiger partial charge in [0.15, 0.2) is 0 Å². The molecule has 3 heteroatoms. The number of benzene rings is 1. The summed E-state index contributed by atoms with van der Waals surface area (Å²) in [5, 5.41) is 9.15. The third-order valence-corrected chi connectivity index (χ3v) is 3.35. The van der Waals surface area contributed by atoms with Gasteiger partial charge < -0.3 is 10.0 Å². The van der Waals surface area contributed by atoms with E-state index in [4.69, 9.17) is 5.11 Å². The van der Waals surface area contributed by atoms with Gasteiger partial charge in [-0.05, 0) is 25.0 Å². The van der Waals surface area contributed by atoms with Crippen molar-refractivity contribution in [3.8, 4) is 0 Å². The predicted molar refractivity (Wildman–Crippen MR) is 60.6 cm³/mol. The highest BCUT2D eigenvalue weighted by atomic mass is 19.1. The summed E-state index contributed by atoms with van der Waals surface area (Å²) in [6.45, 7) is 3.44. The largest absolute Gasteiger partial charge is 0.396 e. The highest BCUT2D eigenvalue weighted by molar-refractivity contribution is 5.14. The molecule has 1 fully saturated rings. The third kappa shape index (κ3) is 3.03. The molecule has 0 saturated carbocycles. The van der Waals surface area contributed by atoms with Crippen molar-refractivity contribution in [2.75, 3.05) is 19.7 Å². The summed E-state index contributed by atoms with van der Waals surface area (Å²) in [5.74, 6) is 0.273. The molecule has 1 aromatic rings. The summed E-state index contributed by atoms with van der Waals surface area (Å²) in [7, 11) is 0. The van der Waals surface area contributed by atoms with Crippen molar-refractivity contribution in [1.82, 2.24) is 0 Å². The van der Waals surface area contributed by atoms with Crippen molar-refractivity contribution in [3.63, 3.8) is 0 Å². The van der Waals surface area contributed by atoms with Crippen molar-refractivity contribution >= 4 is 0 Å². The molecule has 2 atom stereocenters. The summed E-state index contributed by atoms with van der Waals surface area (Å²) < 4.78 is 12.7. The first kappa shape index (κ1) is 11.6. The van der Waals surface area contributed by atoms with Crippen LogP contribution in [0.4, 0.5) is 4.39 Å². The zero-order chi connectivity index (χ0) is 11.4. The Hall–Kier alpha value is -0.930. The van der Waals surface area contributed by atoms with E-state index < -0.39 is 0 Å². The Morgan fingerprint density at radius 2 is 2.06 bits per heavy atom. The highest BCUT2D eigenvalue weighted by Gasteiger charge is 2.22. The first-order valence-electron chi connectivity index (χ1n) is 5.97. The molecule has 0 aliphatic carbocycles. The molecule has 2 nitrogen and oxygen atoms in total. The van der Waals surface area contributed by atoms with E-state index in [1.165, 1.54) is 29.0 Å². The van der Waals surface area contributed by atoms with Gasteiger partial charge in [-0.1, -0.05) is 12.1 Å². The molecule has 0 radical (unpaired) electrons. The van der Waals surface area contributed by atoms with Crippen LogP contribution in [0.5, 0.6) is 0 Å². The van der Waals surface area contributed by atoms with Crippen molar-refractivity contribution in [2.24, 2.45) is 5.92 Å². The van der Waals surface area contributed by atoms with E-state index >= 15 is 0 Å². The van der Waals surface area contributed by atoms with Gasteiger partial charge in [0.25, 0.3) is 0 Å². The Bertz CT molecular complexity index is 325. The normalized spacial score (nSPS) is 25.6. The van der Waals surface area contributed by atoms with Crippen LogP contribution in [0.15, 0.2) is 24.3 Å². The van der Waals surface area contributed by atoms with Gasteiger partial charge in [0.1, 0.15) is 12.4 Å². The molecule has 1 unspecified atom stereocenters. The summed E-state index contributed by atoms with van der Waals surface area (Å²) in [5.41, 5.74) is 1.18. The molecule has 1 heterocycles. The van der Waals surface area contributed by atoms with Crippen LogP contribution in [-0.2, 0) is 6.54 Å². The number of quaternary nitrogens is 1. The van der Waals surface area contributed by atoms with E-state index in [0.717, 1.165) is 26.1 Å². The molecule has 1 aliphatic rings. The Morgan fingerprint density at radius 3 is 2.75 bits per heavy atom. The van der Waals surface area contributed by atoms with Crippen LogP contribution in [-0.4, -0.2) is 24.8 Å². The van der Waals surface area contributed by atoms with Crippen LogP contribution in [0.2, 0.25) is 0 Å². The molecule has 16 heavy (non-hydrogen) atoms. The van der Waals surface area contributed by atoms with Crippen LogP contribution in [0.3, 0.4) is 0 Å². The van der Waals surface area contributed by atoms with Crippen LogP contribution in [0.1, 0.15) is 18.4 Å². The van der Waals surface area contributed by atoms with Gasteiger partial charge in [-0.15, -0.1) is 0 Å². The van der Waals surface area contributed by atoms with Gasteiger partial charge in [0.2, 0.25) is 0 Å². The lowest BCUT2D eigenvalue weighted by atomic mass is 9.98. The Kier molecular flexibility index (Phi) is 3.91. The molecule has 1 saturated heterocycles. The van der Waals surface area contributed by atoms with Crippen LogP contribution in [0, 0.1) is 11.7 Å². The molecular formula is C13H19FNO+. The third-order valence-electron chi connectivity index (χ3n) is 3.35. The van der Waals surface area contributed by atoms with E-state index in [9.17, 15) is 4.39 Å². The molecule has 2 rings (SSSR count). The van der Waals surface area contributed by atoms with Crippen LogP contribution >= 0.6 is 0 Å². The zero-order valence-electron chi connectivity index (χ0n) is 9.45. The Morgan fingerprint density at radius 1 is 1.31 bits per heavy atom. The molecular weight excluding hydrogens is 205 g/mol. The zero-order valence-corrected chi connectivity index (χ0v) is 9.45. The topological polar surface area (TPSA) is 24.7 Å². The van der Waals surface area contributed by atoms with Crippen molar-refractivity contribution in [3.05, 3.63) is 35.6 Å². The van der Waals surface area contributed by atoms with Gasteiger partial charge in [-0.2, -0.15) is 0 Å². The number of aliphatic hydroxyl groups is 1. The lowest BCUT2D eigenvalue weighted by Crippen LogP contribution is -3.12. The standard InChI is InChI=1S/C13H18FNO/c14-13-5-3-11(4-6-13)8-15-7-1-2-12(9-15)10-16/h3-6,12,16H,1-2,7-10H2/p+1/t12-/m1/s1. The molecule has 1 aliphatic heterocycles. The number of likely N-dealkylation sites (tertiary alicyclic amines) is 1. The Labute approximate surface area is 95.7 Å². The maximum absolute atomic E-state index is 12.7. The summed E-state index contributed by atoms with van der Waals surface area (Å²) >= 11 is 0. The van der Waals surface area contributed by atoms with Gasteiger partial charge in [0, 0.05) is 11.5 Å². The van der Waals surface area contributed by atoms with Crippen molar-refractivity contribution in [2.45, 2.75) is 19.4 Å².